The first kappa shape index (κ1) is 18.8. The van der Waals surface area contributed by atoms with Gasteiger partial charge in [0.1, 0.15) is 6.10 Å². The lowest BCUT2D eigenvalue weighted by atomic mass is 10.0. The zero-order chi connectivity index (χ0) is 19.1. The second kappa shape index (κ2) is 9.07. The number of nitrogens with zero attached hydrogens (tertiary/aromatic N) is 1. The standard InChI is InChI=1S/C20H21N3O4/c24-13-18-17(23-20(26)14-8-10-21-11-9-14)7-6-16(27-18)12-19(25)22-15-4-2-1-3-5-15/h1-11,16-18,24H,12-13H2,(H,22,25)(H,23,26)/t16-,17-,18+/m0/s1. The number of benzene rings is 1. The SMILES string of the molecule is O=C(C[C@@H]1C=C[C@H](NC(=O)c2ccncc2)[C@@H](CO)O1)Nc1ccccc1. The first-order valence-corrected chi connectivity index (χ1v) is 8.66. The molecule has 0 fully saturated rings. The summed E-state index contributed by atoms with van der Waals surface area (Å²) in [6.07, 6.45) is 5.57. The van der Waals surface area contributed by atoms with Gasteiger partial charge in [-0.15, -0.1) is 0 Å². The van der Waals surface area contributed by atoms with Gasteiger partial charge in [-0.05, 0) is 24.3 Å². The van der Waals surface area contributed by atoms with Crippen LogP contribution < -0.4 is 10.6 Å². The third kappa shape index (κ3) is 5.22. The number of para-hydroxylation sites is 1. The van der Waals surface area contributed by atoms with Crippen LogP contribution in [0.3, 0.4) is 0 Å². The Hall–Kier alpha value is -3.03. The second-order valence-electron chi connectivity index (χ2n) is 6.13. The number of aliphatic hydroxyl groups is 1. The van der Waals surface area contributed by atoms with Crippen molar-refractivity contribution in [1.29, 1.82) is 0 Å². The van der Waals surface area contributed by atoms with Crippen LogP contribution in [0.2, 0.25) is 0 Å². The molecular weight excluding hydrogens is 346 g/mol. The van der Waals surface area contributed by atoms with Gasteiger partial charge in [-0.2, -0.15) is 0 Å². The van der Waals surface area contributed by atoms with Gasteiger partial charge >= 0.3 is 0 Å². The fourth-order valence-corrected chi connectivity index (χ4v) is 2.79. The van der Waals surface area contributed by atoms with Crippen molar-refractivity contribution >= 4 is 17.5 Å². The van der Waals surface area contributed by atoms with Gasteiger partial charge in [-0.3, -0.25) is 14.6 Å². The molecule has 2 aromatic rings. The number of ether oxygens (including phenoxy) is 1. The molecule has 3 atom stereocenters. The van der Waals surface area contributed by atoms with Crippen molar-refractivity contribution in [2.75, 3.05) is 11.9 Å². The van der Waals surface area contributed by atoms with Crippen LogP contribution in [-0.2, 0) is 9.53 Å². The molecule has 3 rings (SSSR count). The molecular formula is C20H21N3O4. The van der Waals surface area contributed by atoms with Gasteiger partial charge in [0, 0.05) is 23.6 Å². The molecule has 2 heterocycles. The normalized spacial score (nSPS) is 21.4. The molecule has 7 nitrogen and oxygen atoms in total. The number of aromatic nitrogens is 1. The van der Waals surface area contributed by atoms with E-state index in [0.717, 1.165) is 0 Å². The Balaban J connectivity index is 1.57. The summed E-state index contributed by atoms with van der Waals surface area (Å²) in [5, 5.41) is 15.2. The lowest BCUT2D eigenvalue weighted by Crippen LogP contribution is -2.48. The summed E-state index contributed by atoms with van der Waals surface area (Å²) >= 11 is 0. The summed E-state index contributed by atoms with van der Waals surface area (Å²) in [6.45, 7) is -0.275. The molecule has 0 bridgehead atoms. The van der Waals surface area contributed by atoms with E-state index in [9.17, 15) is 14.7 Å². The number of hydrogen-bond donors (Lipinski definition) is 3. The zero-order valence-corrected chi connectivity index (χ0v) is 14.6. The van der Waals surface area contributed by atoms with E-state index in [1.54, 1.807) is 36.4 Å². The number of rotatable bonds is 6. The van der Waals surface area contributed by atoms with Crippen molar-refractivity contribution in [3.63, 3.8) is 0 Å². The maximum Gasteiger partial charge on any atom is 0.251 e. The molecule has 1 aliphatic rings. The van der Waals surface area contributed by atoms with Crippen LogP contribution in [0, 0.1) is 0 Å². The van der Waals surface area contributed by atoms with Gasteiger partial charge in [0.25, 0.3) is 5.91 Å². The van der Waals surface area contributed by atoms with Crippen molar-refractivity contribution in [3.05, 3.63) is 72.6 Å². The minimum Gasteiger partial charge on any atom is -0.394 e. The highest BCUT2D eigenvalue weighted by Crippen LogP contribution is 2.17. The van der Waals surface area contributed by atoms with Gasteiger partial charge in [0.15, 0.2) is 0 Å². The second-order valence-corrected chi connectivity index (χ2v) is 6.13. The van der Waals surface area contributed by atoms with Crippen LogP contribution in [0.25, 0.3) is 0 Å². The number of carbonyl (C=O) groups excluding carboxylic acids is 2. The van der Waals surface area contributed by atoms with Crippen molar-refractivity contribution < 1.29 is 19.4 Å². The largest absolute Gasteiger partial charge is 0.394 e. The number of anilines is 1. The van der Waals surface area contributed by atoms with Crippen LogP contribution in [0.1, 0.15) is 16.8 Å². The number of aliphatic hydroxyl groups excluding tert-OH is 1. The van der Waals surface area contributed by atoms with E-state index in [-0.39, 0.29) is 24.8 Å². The van der Waals surface area contributed by atoms with E-state index >= 15 is 0 Å². The lowest BCUT2D eigenvalue weighted by molar-refractivity contribution is -0.120. The minimum absolute atomic E-state index is 0.118. The molecule has 1 aromatic carbocycles. The zero-order valence-electron chi connectivity index (χ0n) is 14.6. The molecule has 3 N–H and O–H groups in total. The molecule has 1 aliphatic heterocycles. The van der Waals surface area contributed by atoms with E-state index in [1.807, 2.05) is 18.2 Å². The maximum absolute atomic E-state index is 12.3. The van der Waals surface area contributed by atoms with Crippen molar-refractivity contribution in [2.45, 2.75) is 24.7 Å². The first-order valence-electron chi connectivity index (χ1n) is 8.66. The monoisotopic (exact) mass is 367 g/mol. The molecule has 0 saturated carbocycles. The molecule has 140 valence electrons. The van der Waals surface area contributed by atoms with Crippen molar-refractivity contribution in [1.82, 2.24) is 10.3 Å². The first-order chi connectivity index (χ1) is 13.2. The molecule has 1 aromatic heterocycles. The molecule has 0 spiro atoms. The fraction of sp³-hybridized carbons (Fsp3) is 0.250. The predicted molar refractivity (Wildman–Crippen MR) is 100 cm³/mol. The van der Waals surface area contributed by atoms with Gasteiger partial charge in [-0.25, -0.2) is 0 Å². The molecule has 7 heteroatoms. The molecule has 2 amide bonds. The quantitative estimate of drug-likeness (QED) is 0.672. The lowest BCUT2D eigenvalue weighted by Gasteiger charge is -2.31. The summed E-state index contributed by atoms with van der Waals surface area (Å²) in [5.74, 6) is -0.471. The molecule has 0 radical (unpaired) electrons. The fourth-order valence-electron chi connectivity index (χ4n) is 2.79. The summed E-state index contributed by atoms with van der Waals surface area (Å²) in [5.41, 5.74) is 1.18. The number of carbonyl (C=O) groups is 2. The van der Waals surface area contributed by atoms with Crippen LogP contribution in [0.4, 0.5) is 5.69 Å². The van der Waals surface area contributed by atoms with Gasteiger partial charge in [-0.1, -0.05) is 30.4 Å². The van der Waals surface area contributed by atoms with Gasteiger partial charge in [0.2, 0.25) is 5.91 Å². The van der Waals surface area contributed by atoms with Crippen molar-refractivity contribution in [3.8, 4) is 0 Å². The van der Waals surface area contributed by atoms with Crippen molar-refractivity contribution in [2.24, 2.45) is 0 Å². The minimum atomic E-state index is -0.629. The Labute approximate surface area is 157 Å². The number of amides is 2. The average molecular weight is 367 g/mol. The predicted octanol–water partition coefficient (Wildman–Crippen LogP) is 1.52. The highest BCUT2D eigenvalue weighted by Gasteiger charge is 2.29. The smallest absolute Gasteiger partial charge is 0.251 e. The van der Waals surface area contributed by atoms with Gasteiger partial charge < -0.3 is 20.5 Å². The number of pyridine rings is 1. The Morgan fingerprint density at radius 2 is 1.81 bits per heavy atom. The maximum atomic E-state index is 12.3. The van der Waals surface area contributed by atoms with Crippen LogP contribution >= 0.6 is 0 Å². The molecule has 0 unspecified atom stereocenters. The molecule has 0 saturated heterocycles. The van der Waals surface area contributed by atoms with Crippen LogP contribution in [0.15, 0.2) is 67.0 Å². The Bertz CT molecular complexity index is 795. The van der Waals surface area contributed by atoms with Crippen LogP contribution in [-0.4, -0.2) is 46.8 Å². The average Bonchev–Trinajstić information content (AvgIpc) is 2.70. The van der Waals surface area contributed by atoms with E-state index in [2.05, 4.69) is 15.6 Å². The summed E-state index contributed by atoms with van der Waals surface area (Å²) in [7, 11) is 0. The summed E-state index contributed by atoms with van der Waals surface area (Å²) < 4.78 is 5.77. The van der Waals surface area contributed by atoms with E-state index in [0.29, 0.717) is 11.3 Å². The number of hydrogen-bond acceptors (Lipinski definition) is 5. The van der Waals surface area contributed by atoms with Crippen LogP contribution in [0.5, 0.6) is 0 Å². The molecule has 27 heavy (non-hydrogen) atoms. The Morgan fingerprint density at radius 1 is 1.07 bits per heavy atom. The van der Waals surface area contributed by atoms with Gasteiger partial charge in [0.05, 0.1) is 25.2 Å². The summed E-state index contributed by atoms with van der Waals surface area (Å²) in [6, 6.07) is 11.9. The number of nitrogens with one attached hydrogen (secondary N) is 2. The van der Waals surface area contributed by atoms with E-state index < -0.39 is 18.2 Å². The molecule has 0 aliphatic carbocycles. The Morgan fingerprint density at radius 3 is 2.52 bits per heavy atom. The third-order valence-corrected chi connectivity index (χ3v) is 4.15. The third-order valence-electron chi connectivity index (χ3n) is 4.15. The van der Waals surface area contributed by atoms with E-state index in [4.69, 9.17) is 4.74 Å². The summed E-state index contributed by atoms with van der Waals surface area (Å²) in [4.78, 5) is 28.3. The highest BCUT2D eigenvalue weighted by atomic mass is 16.5. The van der Waals surface area contributed by atoms with E-state index in [1.165, 1.54) is 12.4 Å². The Kier molecular flexibility index (Phi) is 6.30. The highest BCUT2D eigenvalue weighted by molar-refractivity contribution is 5.94. The topological polar surface area (TPSA) is 101 Å².